The van der Waals surface area contributed by atoms with Crippen molar-refractivity contribution >= 4 is 54.3 Å². The molecule has 0 heterocycles. The van der Waals surface area contributed by atoms with E-state index in [1.54, 1.807) is 0 Å². The Morgan fingerprint density at radius 3 is 1.89 bits per heavy atom. The summed E-state index contributed by atoms with van der Waals surface area (Å²) in [6, 6.07) is 5.04. The lowest BCUT2D eigenvalue weighted by Gasteiger charge is -2.37. The maximum Gasteiger partial charge on any atom is 0.461 e. The van der Waals surface area contributed by atoms with E-state index in [4.69, 9.17) is 11.6 Å². The first-order valence-corrected chi connectivity index (χ1v) is 10.0. The Bertz CT molecular complexity index is 818. The van der Waals surface area contributed by atoms with E-state index in [0.717, 1.165) is 18.2 Å². The molecule has 0 spiro atoms. The Hall–Kier alpha value is -0.390. The van der Waals surface area contributed by atoms with Crippen LogP contribution >= 0.6 is 43.5 Å². The van der Waals surface area contributed by atoms with Crippen molar-refractivity contribution in [1.29, 1.82) is 0 Å². The average molecular weight is 565 g/mol. The predicted octanol–water partition coefficient (Wildman–Crippen LogP) is 7.04. The molecule has 27 heavy (non-hydrogen) atoms. The van der Waals surface area contributed by atoms with Crippen molar-refractivity contribution in [3.8, 4) is 0 Å². The van der Waals surface area contributed by atoms with Gasteiger partial charge in [0.1, 0.15) is 15.5 Å². The quantitative estimate of drug-likeness (QED) is 0.359. The monoisotopic (exact) mass is 562 g/mol. The third-order valence-corrected chi connectivity index (χ3v) is 6.78. The summed E-state index contributed by atoms with van der Waals surface area (Å²) in [5, 5.41) is -6.18. The normalized spacial score (nSPS) is 19.3. The van der Waals surface area contributed by atoms with Crippen LogP contribution in [0, 0.1) is 0 Å². The third kappa shape index (κ3) is 3.89. The highest BCUT2D eigenvalue weighted by atomic mass is 79.9. The van der Waals surface area contributed by atoms with Gasteiger partial charge in [0.15, 0.2) is 0 Å². The number of benzene rings is 1. The number of hydrogen-bond acceptors (Lipinski definition) is 1. The summed E-state index contributed by atoms with van der Waals surface area (Å²) in [6.07, 6.45) is -4.71. The van der Waals surface area contributed by atoms with Crippen LogP contribution in [0.3, 0.4) is 0 Å². The molecule has 1 aliphatic carbocycles. The van der Waals surface area contributed by atoms with Gasteiger partial charge < -0.3 is 0 Å². The highest BCUT2D eigenvalue weighted by Gasteiger charge is 2.77. The van der Waals surface area contributed by atoms with Crippen molar-refractivity contribution in [3.63, 3.8) is 0 Å². The molecule has 12 heteroatoms. The smallest absolute Gasteiger partial charge is 0.252 e. The Labute approximate surface area is 173 Å². The molecule has 1 aliphatic rings. The Morgan fingerprint density at radius 1 is 0.963 bits per heavy atom. The van der Waals surface area contributed by atoms with Gasteiger partial charge in [0.05, 0.1) is 0 Å². The van der Waals surface area contributed by atoms with Gasteiger partial charge in [0.2, 0.25) is 0 Å². The number of alkyl halides is 7. The molecule has 0 saturated heterocycles. The molecule has 1 unspecified atom stereocenters. The van der Waals surface area contributed by atoms with Gasteiger partial charge in [0.25, 0.3) is 0 Å². The molecule has 2 rings (SSSR count). The molecule has 1 aromatic rings. The van der Waals surface area contributed by atoms with Gasteiger partial charge in [-0.2, -0.15) is 30.7 Å². The minimum absolute atomic E-state index is 0.102. The fraction of sp³-hybridized carbons (Fsp3) is 0.333. The number of hydrogen-bond donors (Lipinski definition) is 0. The molecule has 1 atom stereocenters. The minimum Gasteiger partial charge on any atom is -0.252 e. The van der Waals surface area contributed by atoms with E-state index in [2.05, 4.69) is 31.9 Å². The van der Waals surface area contributed by atoms with Gasteiger partial charge in [-0.3, -0.25) is 4.21 Å². The first-order valence-electron chi connectivity index (χ1n) is 6.90. The van der Waals surface area contributed by atoms with Crippen molar-refractivity contribution in [2.24, 2.45) is 0 Å². The lowest BCUT2D eigenvalue weighted by Crippen LogP contribution is -2.57. The summed E-state index contributed by atoms with van der Waals surface area (Å²) in [5.41, 5.74) is -0.309. The van der Waals surface area contributed by atoms with Crippen LogP contribution in [0.15, 0.2) is 45.4 Å². The second-order valence-electron chi connectivity index (χ2n) is 5.49. The van der Waals surface area contributed by atoms with Crippen molar-refractivity contribution in [2.45, 2.75) is 28.5 Å². The lowest BCUT2D eigenvalue weighted by atomic mass is 9.93. The summed E-state index contributed by atoms with van der Waals surface area (Å²) in [5.74, 6) is -6.53. The minimum atomic E-state index is -6.61. The van der Waals surface area contributed by atoms with Gasteiger partial charge in [-0.05, 0) is 32.7 Å². The molecule has 1 aromatic carbocycles. The van der Waals surface area contributed by atoms with Crippen LogP contribution in [-0.4, -0.2) is 21.6 Å². The molecule has 0 amide bonds. The number of rotatable bonds is 4. The van der Waals surface area contributed by atoms with Crippen LogP contribution in [0.5, 0.6) is 0 Å². The van der Waals surface area contributed by atoms with E-state index in [1.807, 2.05) is 0 Å². The average Bonchev–Trinajstić information content (AvgIpc) is 2.52. The zero-order valence-corrected chi connectivity index (χ0v) is 17.5. The number of halogens is 10. The van der Waals surface area contributed by atoms with E-state index in [1.165, 1.54) is 18.2 Å². The summed E-state index contributed by atoms with van der Waals surface area (Å²) >= 11 is 12.0. The van der Waals surface area contributed by atoms with E-state index in [9.17, 15) is 34.9 Å². The summed E-state index contributed by atoms with van der Waals surface area (Å²) in [4.78, 5) is 0. The Kier molecular flexibility index (Phi) is 6.32. The molecular weight excluding hydrogens is 556 g/mol. The molecule has 0 fully saturated rings. The maximum atomic E-state index is 14.3. The van der Waals surface area contributed by atoms with E-state index in [0.29, 0.717) is 0 Å². The summed E-state index contributed by atoms with van der Waals surface area (Å²) < 4.78 is 104. The van der Waals surface area contributed by atoms with Crippen LogP contribution in [0.1, 0.15) is 12.0 Å². The third-order valence-electron chi connectivity index (χ3n) is 3.64. The largest absolute Gasteiger partial charge is 0.461 e. The highest BCUT2D eigenvalue weighted by molar-refractivity contribution is 9.12. The van der Waals surface area contributed by atoms with E-state index in [-0.39, 0.29) is 26.0 Å². The predicted molar refractivity (Wildman–Crippen MR) is 95.9 cm³/mol. The molecule has 0 aromatic heterocycles. The van der Waals surface area contributed by atoms with Gasteiger partial charge in [-0.15, -0.1) is 0 Å². The second-order valence-corrected chi connectivity index (χ2v) is 9.66. The lowest BCUT2D eigenvalue weighted by molar-refractivity contribution is -0.331. The van der Waals surface area contributed by atoms with Crippen molar-refractivity contribution in [3.05, 3.63) is 56.0 Å². The van der Waals surface area contributed by atoms with Gasteiger partial charge in [-0.25, -0.2) is 0 Å². The van der Waals surface area contributed by atoms with E-state index >= 15 is 0 Å². The van der Waals surface area contributed by atoms with Crippen LogP contribution in [0.4, 0.5) is 30.7 Å². The molecule has 1 nitrogen and oxygen atoms in total. The van der Waals surface area contributed by atoms with Crippen LogP contribution in [0.25, 0.3) is 0 Å². The molecule has 0 bridgehead atoms. The zero-order valence-electron chi connectivity index (χ0n) is 12.8. The van der Waals surface area contributed by atoms with Gasteiger partial charge >= 0.3 is 17.4 Å². The maximum absolute atomic E-state index is 14.3. The van der Waals surface area contributed by atoms with Crippen molar-refractivity contribution in [1.82, 2.24) is 0 Å². The fourth-order valence-electron chi connectivity index (χ4n) is 2.40. The topological polar surface area (TPSA) is 17.1 Å². The molecule has 0 N–H and O–H groups in total. The van der Waals surface area contributed by atoms with Crippen molar-refractivity contribution in [2.75, 3.05) is 0 Å². The van der Waals surface area contributed by atoms with Crippen LogP contribution < -0.4 is 0 Å². The number of allylic oxidation sites excluding steroid dienone is 2. The van der Waals surface area contributed by atoms with Crippen molar-refractivity contribution < 1.29 is 34.9 Å². The zero-order chi connectivity index (χ0) is 20.8. The Morgan fingerprint density at radius 2 is 1.44 bits per heavy atom. The first-order chi connectivity index (χ1) is 12.2. The van der Waals surface area contributed by atoms with Crippen LogP contribution in [-0.2, 0) is 15.5 Å². The first kappa shape index (κ1) is 22.9. The molecule has 150 valence electrons. The molecule has 0 radical (unpaired) electrons. The fourth-order valence-corrected chi connectivity index (χ4v) is 6.41. The van der Waals surface area contributed by atoms with Gasteiger partial charge in [0, 0.05) is 11.4 Å². The Balaban J connectivity index is 2.79. The molecule has 0 aliphatic heterocycles. The summed E-state index contributed by atoms with van der Waals surface area (Å²) in [7, 11) is -4.09. The second kappa shape index (κ2) is 7.46. The van der Waals surface area contributed by atoms with E-state index < -0.39 is 32.9 Å². The molecular formula is C15H8Br2ClF7OS. The molecule has 0 saturated carbocycles. The SMILES string of the molecule is O=S(C1(c2ccccc2Cl)C=C(Br)CC(Br)=C1)C(F)(F)C(F)(F)C(F)(F)F. The van der Waals surface area contributed by atoms with Crippen LogP contribution in [0.2, 0.25) is 5.02 Å². The highest BCUT2D eigenvalue weighted by Crippen LogP contribution is 2.54. The standard InChI is InChI=1S/C15H8Br2ClF7OS/c16-8-5-9(17)7-12(6-8,10-3-1-2-4-11(10)18)27(26)15(24,25)13(19,20)14(21,22)23/h1-4,6-7H,5H2. The van der Waals surface area contributed by atoms with Gasteiger partial charge in [-0.1, -0.05) is 61.7 Å². The summed E-state index contributed by atoms with van der Waals surface area (Å²) in [6.45, 7) is 0.